The van der Waals surface area contributed by atoms with Crippen LogP contribution in [0.3, 0.4) is 0 Å². The molecule has 0 fully saturated rings. The number of nitriles is 1. The zero-order valence-electron chi connectivity index (χ0n) is 20.1. The molecule has 8 heteroatoms. The predicted octanol–water partition coefficient (Wildman–Crippen LogP) is 3.64. The molecule has 0 saturated heterocycles. The van der Waals surface area contributed by atoms with Crippen LogP contribution in [0.25, 0.3) is 0 Å². The highest BCUT2D eigenvalue weighted by atomic mass is 16.5. The molecule has 0 amide bonds. The lowest BCUT2D eigenvalue weighted by Crippen LogP contribution is -2.33. The summed E-state index contributed by atoms with van der Waals surface area (Å²) in [6.07, 6.45) is 0.591. The van der Waals surface area contributed by atoms with Crippen molar-refractivity contribution in [3.8, 4) is 29.1 Å². The Kier molecular flexibility index (Phi) is 6.69. The number of pyridine rings is 1. The molecule has 2 aromatic carbocycles. The number of benzene rings is 2. The standard InChI is InChI=1S/C27H27N3O5/c1-16-12-23-25(24(20(15-28)26(29)35-23)18-6-5-7-19(14-18)32-2)27(31)30(16)11-10-17-8-9-21(33-3)22(13-17)34-4/h5-9,12-14,24H,10-11,29H2,1-4H3. The molecule has 1 aliphatic rings. The fraction of sp³-hybridized carbons (Fsp3) is 0.259. The van der Waals surface area contributed by atoms with Crippen LogP contribution in [0.2, 0.25) is 0 Å². The summed E-state index contributed by atoms with van der Waals surface area (Å²) in [6.45, 7) is 2.28. The van der Waals surface area contributed by atoms with Gasteiger partial charge < -0.3 is 29.2 Å². The number of ether oxygens (including phenoxy) is 4. The van der Waals surface area contributed by atoms with E-state index in [1.807, 2.05) is 37.3 Å². The molecule has 1 aliphatic heterocycles. The molecule has 2 heterocycles. The SMILES string of the molecule is COc1cccc(C2C(C#N)=C(N)Oc3cc(C)n(CCc4ccc(OC)c(OC)c4)c(=O)c32)c1. The van der Waals surface area contributed by atoms with Gasteiger partial charge in [-0.05, 0) is 48.7 Å². The first kappa shape index (κ1) is 23.8. The van der Waals surface area contributed by atoms with E-state index in [9.17, 15) is 10.1 Å². The van der Waals surface area contributed by atoms with Crippen LogP contribution in [0.4, 0.5) is 0 Å². The molecule has 1 unspecified atom stereocenters. The number of rotatable bonds is 7. The molecular formula is C27H27N3O5. The third-order valence-corrected chi connectivity index (χ3v) is 6.19. The fourth-order valence-corrected chi connectivity index (χ4v) is 4.40. The molecule has 3 aromatic rings. The summed E-state index contributed by atoms with van der Waals surface area (Å²) in [5.41, 5.74) is 8.89. The molecule has 180 valence electrons. The van der Waals surface area contributed by atoms with Crippen molar-refractivity contribution >= 4 is 0 Å². The average Bonchev–Trinajstić information content (AvgIpc) is 2.87. The highest BCUT2D eigenvalue weighted by Crippen LogP contribution is 2.41. The number of allylic oxidation sites excluding steroid dienone is 1. The molecule has 0 radical (unpaired) electrons. The minimum absolute atomic E-state index is 0.00491. The summed E-state index contributed by atoms with van der Waals surface area (Å²) in [7, 11) is 4.74. The molecule has 2 N–H and O–H groups in total. The van der Waals surface area contributed by atoms with Gasteiger partial charge in [0.15, 0.2) is 11.5 Å². The summed E-state index contributed by atoms with van der Waals surface area (Å²) in [4.78, 5) is 13.8. The van der Waals surface area contributed by atoms with Crippen LogP contribution in [0, 0.1) is 18.3 Å². The molecule has 35 heavy (non-hydrogen) atoms. The van der Waals surface area contributed by atoms with Gasteiger partial charge in [0.25, 0.3) is 5.56 Å². The maximum absolute atomic E-state index is 13.8. The lowest BCUT2D eigenvalue weighted by Gasteiger charge is -2.27. The van der Waals surface area contributed by atoms with Crippen LogP contribution in [0.5, 0.6) is 23.0 Å². The first-order valence-corrected chi connectivity index (χ1v) is 11.1. The van der Waals surface area contributed by atoms with Crippen molar-refractivity contribution in [2.24, 2.45) is 5.73 Å². The average molecular weight is 474 g/mol. The minimum Gasteiger partial charge on any atom is -0.497 e. The molecule has 0 aliphatic carbocycles. The van der Waals surface area contributed by atoms with Crippen LogP contribution < -0.4 is 30.2 Å². The normalized spacial score (nSPS) is 14.5. The van der Waals surface area contributed by atoms with Crippen molar-refractivity contribution < 1.29 is 18.9 Å². The van der Waals surface area contributed by atoms with E-state index in [1.54, 1.807) is 44.1 Å². The monoisotopic (exact) mass is 473 g/mol. The van der Waals surface area contributed by atoms with Gasteiger partial charge in [0.2, 0.25) is 5.88 Å². The Hall–Kier alpha value is -4.38. The Morgan fingerprint density at radius 2 is 1.83 bits per heavy atom. The van der Waals surface area contributed by atoms with Gasteiger partial charge in [0, 0.05) is 18.3 Å². The number of fused-ring (bicyclic) bond motifs is 1. The first-order chi connectivity index (χ1) is 16.9. The van der Waals surface area contributed by atoms with Gasteiger partial charge >= 0.3 is 0 Å². The van der Waals surface area contributed by atoms with E-state index in [2.05, 4.69) is 6.07 Å². The molecule has 8 nitrogen and oxygen atoms in total. The number of nitrogens with two attached hydrogens (primary N) is 1. The summed E-state index contributed by atoms with van der Waals surface area (Å²) in [5.74, 6) is 1.58. The molecule has 1 aromatic heterocycles. The van der Waals surface area contributed by atoms with Crippen molar-refractivity contribution in [1.82, 2.24) is 4.57 Å². The Balaban J connectivity index is 1.78. The molecule has 0 bridgehead atoms. The predicted molar refractivity (Wildman–Crippen MR) is 131 cm³/mol. The van der Waals surface area contributed by atoms with Gasteiger partial charge in [-0.1, -0.05) is 18.2 Å². The molecular weight excluding hydrogens is 446 g/mol. The Morgan fingerprint density at radius 1 is 1.06 bits per heavy atom. The van der Waals surface area contributed by atoms with E-state index < -0.39 is 5.92 Å². The zero-order valence-corrected chi connectivity index (χ0v) is 20.1. The zero-order chi connectivity index (χ0) is 25.1. The highest BCUT2D eigenvalue weighted by Gasteiger charge is 2.34. The lowest BCUT2D eigenvalue weighted by molar-refractivity contribution is 0.354. The lowest BCUT2D eigenvalue weighted by atomic mass is 9.84. The van der Waals surface area contributed by atoms with Gasteiger partial charge in [-0.25, -0.2) is 0 Å². The highest BCUT2D eigenvalue weighted by molar-refractivity contribution is 5.56. The van der Waals surface area contributed by atoms with Crippen LogP contribution in [-0.2, 0) is 13.0 Å². The topological polar surface area (TPSA) is 109 Å². The smallest absolute Gasteiger partial charge is 0.258 e. The summed E-state index contributed by atoms with van der Waals surface area (Å²) in [5, 5.41) is 9.87. The van der Waals surface area contributed by atoms with Gasteiger partial charge in [0.1, 0.15) is 23.1 Å². The summed E-state index contributed by atoms with van der Waals surface area (Å²) >= 11 is 0. The molecule has 0 saturated carbocycles. The van der Waals surface area contributed by atoms with Crippen LogP contribution in [0.15, 0.2) is 64.8 Å². The Labute approximate surface area is 203 Å². The van der Waals surface area contributed by atoms with Crippen molar-refractivity contribution in [1.29, 1.82) is 5.26 Å². The fourth-order valence-electron chi connectivity index (χ4n) is 4.40. The van der Waals surface area contributed by atoms with Gasteiger partial charge in [-0.2, -0.15) is 5.26 Å². The number of aromatic nitrogens is 1. The summed E-state index contributed by atoms with van der Waals surface area (Å²) < 4.78 is 23.5. The van der Waals surface area contributed by atoms with E-state index in [1.165, 1.54) is 0 Å². The molecule has 0 spiro atoms. The van der Waals surface area contributed by atoms with E-state index in [4.69, 9.17) is 24.7 Å². The Bertz CT molecular complexity index is 1400. The third-order valence-electron chi connectivity index (χ3n) is 6.19. The van der Waals surface area contributed by atoms with Gasteiger partial charge in [-0.15, -0.1) is 0 Å². The second-order valence-electron chi connectivity index (χ2n) is 8.16. The van der Waals surface area contributed by atoms with Crippen LogP contribution in [-0.4, -0.2) is 25.9 Å². The third kappa shape index (κ3) is 4.41. The number of hydrogen-bond acceptors (Lipinski definition) is 7. The largest absolute Gasteiger partial charge is 0.497 e. The van der Waals surface area contributed by atoms with Crippen molar-refractivity contribution in [3.63, 3.8) is 0 Å². The quantitative estimate of drug-likeness (QED) is 0.558. The summed E-state index contributed by atoms with van der Waals surface area (Å²) in [6, 6.07) is 16.9. The molecule has 1 atom stereocenters. The van der Waals surface area contributed by atoms with Gasteiger partial charge in [0.05, 0.1) is 32.8 Å². The minimum atomic E-state index is -0.667. The van der Waals surface area contributed by atoms with Crippen LogP contribution >= 0.6 is 0 Å². The van der Waals surface area contributed by atoms with E-state index >= 15 is 0 Å². The van der Waals surface area contributed by atoms with Crippen molar-refractivity contribution in [2.45, 2.75) is 25.8 Å². The maximum Gasteiger partial charge on any atom is 0.258 e. The molecule has 4 rings (SSSR count). The second-order valence-corrected chi connectivity index (χ2v) is 8.16. The maximum atomic E-state index is 13.8. The number of methoxy groups -OCH3 is 3. The van der Waals surface area contributed by atoms with E-state index in [-0.39, 0.29) is 17.0 Å². The van der Waals surface area contributed by atoms with Crippen LogP contribution in [0.1, 0.15) is 28.3 Å². The number of hydrogen-bond donors (Lipinski definition) is 1. The van der Waals surface area contributed by atoms with E-state index in [0.29, 0.717) is 41.5 Å². The van der Waals surface area contributed by atoms with Crippen molar-refractivity contribution in [2.75, 3.05) is 21.3 Å². The number of nitrogens with zero attached hydrogens (tertiary/aromatic N) is 2. The Morgan fingerprint density at radius 3 is 2.51 bits per heavy atom. The van der Waals surface area contributed by atoms with Crippen molar-refractivity contribution in [3.05, 3.63) is 92.7 Å². The first-order valence-electron chi connectivity index (χ1n) is 11.1. The number of aryl methyl sites for hydroxylation is 2. The van der Waals surface area contributed by atoms with Gasteiger partial charge in [-0.3, -0.25) is 4.79 Å². The van der Waals surface area contributed by atoms with E-state index in [0.717, 1.165) is 16.8 Å². The second kappa shape index (κ2) is 9.85.